The van der Waals surface area contributed by atoms with E-state index in [1.165, 1.54) is 28.8 Å². The van der Waals surface area contributed by atoms with Crippen LogP contribution in [0.5, 0.6) is 5.88 Å². The first kappa shape index (κ1) is 49.3. The van der Waals surface area contributed by atoms with Gasteiger partial charge in [-0.05, 0) is 122 Å². The number of ether oxygens (including phenoxy) is 4. The molecule has 3 saturated heterocycles. The number of pyridine rings is 1. The standard InChI is InChI=1S/C52H63ClN8O9S/c1-52(2)28-42(34-8-10-36(53)11-9-34)43-32-59-20-19-58(31-38(59)33-67-21-6-24-69-48(43)29-52)37-12-14-41(45(26-37)60-18-5-23-70-51-47(60)25-35-16-17-54-49(35)56-51)50(62)57-71(65,66)40-13-15-44(46(27-40)61(63)64)55-30-39-7-3-4-22-68-39/h8-17,25-27,38-39,48,55,61,63H,3-7,18-24,28-33H2,1-2H3,(H,54,56)(H,57,62)/t38?,39?,48-/m1/s1. The molecule has 0 saturated carbocycles. The zero-order valence-electron chi connectivity index (χ0n) is 40.3. The van der Waals surface area contributed by atoms with Crippen molar-refractivity contribution in [2.24, 2.45) is 5.41 Å². The molecule has 0 bridgehead atoms. The number of quaternary nitrogens is 1. The Hall–Kier alpha value is -5.28. The van der Waals surface area contributed by atoms with E-state index in [2.05, 4.69) is 50.8 Å². The maximum atomic E-state index is 14.6. The van der Waals surface area contributed by atoms with Crippen LogP contribution >= 0.6 is 11.6 Å². The monoisotopic (exact) mass is 1010 g/mol. The lowest BCUT2D eigenvalue weighted by Crippen LogP contribution is -2.99. The first-order chi connectivity index (χ1) is 34.3. The number of nitrogens with one attached hydrogen (secondary N) is 4. The number of sulfonamides is 1. The highest BCUT2D eigenvalue weighted by atomic mass is 35.5. The van der Waals surface area contributed by atoms with E-state index < -0.39 is 21.2 Å². The molecule has 3 fully saturated rings. The molecule has 1 aliphatic carbocycles. The van der Waals surface area contributed by atoms with Crippen molar-refractivity contribution in [1.82, 2.24) is 19.6 Å². The van der Waals surface area contributed by atoms with Gasteiger partial charge in [0.1, 0.15) is 11.3 Å². The van der Waals surface area contributed by atoms with E-state index in [1.807, 2.05) is 41.3 Å². The Morgan fingerprint density at radius 2 is 1.80 bits per heavy atom. The summed E-state index contributed by atoms with van der Waals surface area (Å²) < 4.78 is 55.5. The van der Waals surface area contributed by atoms with Crippen LogP contribution in [-0.4, -0.2) is 125 Å². The van der Waals surface area contributed by atoms with Crippen molar-refractivity contribution >= 4 is 72.6 Å². The van der Waals surface area contributed by atoms with E-state index in [-0.39, 0.29) is 45.5 Å². The van der Waals surface area contributed by atoms with Crippen LogP contribution in [0.2, 0.25) is 5.02 Å². The van der Waals surface area contributed by atoms with E-state index in [9.17, 15) is 23.6 Å². The summed E-state index contributed by atoms with van der Waals surface area (Å²) in [6.07, 6.45) is 7.74. The fourth-order valence-electron chi connectivity index (χ4n) is 10.7. The molecule has 378 valence electrons. The fourth-order valence-corrected chi connectivity index (χ4v) is 11.8. The maximum Gasteiger partial charge on any atom is 0.267 e. The number of aromatic amines is 1. The minimum absolute atomic E-state index is 0.0178. The van der Waals surface area contributed by atoms with Crippen LogP contribution in [0.25, 0.3) is 16.6 Å². The van der Waals surface area contributed by atoms with Crippen molar-refractivity contribution in [3.05, 3.63) is 106 Å². The lowest BCUT2D eigenvalue weighted by molar-refractivity contribution is -0.990. The number of hydrogen-bond donors (Lipinski definition) is 5. The number of H-pyrrole nitrogens is 1. The number of benzene rings is 3. The van der Waals surface area contributed by atoms with Crippen LogP contribution < -0.4 is 29.8 Å². The predicted molar refractivity (Wildman–Crippen MR) is 273 cm³/mol. The van der Waals surface area contributed by atoms with Gasteiger partial charge in [0.05, 0.1) is 53.3 Å². The quantitative estimate of drug-likeness (QED) is 0.0880. The van der Waals surface area contributed by atoms with Gasteiger partial charge in [0.25, 0.3) is 15.9 Å². The molecular weight excluding hydrogens is 948 g/mol. The number of halogens is 1. The Morgan fingerprint density at radius 1 is 0.958 bits per heavy atom. The van der Waals surface area contributed by atoms with Crippen molar-refractivity contribution in [1.29, 1.82) is 0 Å². The van der Waals surface area contributed by atoms with Crippen molar-refractivity contribution in [2.45, 2.75) is 81.9 Å². The van der Waals surface area contributed by atoms with Crippen LogP contribution in [0, 0.1) is 10.6 Å². The molecule has 1 amide bonds. The Bertz CT molecular complexity index is 2870. The topological polar surface area (TPSA) is 198 Å². The number of carbonyl (C=O) groups excluding carboxylic acids is 1. The van der Waals surface area contributed by atoms with Crippen molar-refractivity contribution < 1.29 is 42.6 Å². The third kappa shape index (κ3) is 11.1. The molecule has 19 heteroatoms. The number of allylic oxidation sites excluding steroid dienone is 1. The van der Waals surface area contributed by atoms with Gasteiger partial charge in [0, 0.05) is 87.4 Å². The van der Waals surface area contributed by atoms with Crippen LogP contribution in [0.3, 0.4) is 0 Å². The van der Waals surface area contributed by atoms with Crippen molar-refractivity contribution in [3.63, 3.8) is 0 Å². The summed E-state index contributed by atoms with van der Waals surface area (Å²) in [5.74, 6) is -0.489. The Morgan fingerprint density at radius 3 is 2.62 bits per heavy atom. The zero-order valence-corrected chi connectivity index (χ0v) is 41.8. The number of hydrogen-bond acceptors (Lipinski definition) is 14. The largest absolute Gasteiger partial charge is 0.595 e. The molecule has 71 heavy (non-hydrogen) atoms. The number of nitrogens with zero attached hydrogens (tertiary/aromatic N) is 4. The molecule has 0 radical (unpaired) electrons. The van der Waals surface area contributed by atoms with E-state index in [4.69, 9.17) is 35.5 Å². The number of anilines is 4. The molecule has 2 aromatic heterocycles. The van der Waals surface area contributed by atoms with Crippen LogP contribution in [0.1, 0.15) is 74.7 Å². The normalized spacial score (nSPS) is 22.8. The first-order valence-electron chi connectivity index (χ1n) is 24.8. The molecule has 3 aromatic carbocycles. The molecular formula is C52H63ClN8O9S. The van der Waals surface area contributed by atoms with Gasteiger partial charge >= 0.3 is 0 Å². The maximum absolute atomic E-state index is 14.6. The Balaban J connectivity index is 0.967. The minimum Gasteiger partial charge on any atom is -0.595 e. The van der Waals surface area contributed by atoms with E-state index in [1.54, 1.807) is 12.3 Å². The number of aromatic nitrogens is 2. The van der Waals surface area contributed by atoms with Crippen LogP contribution in [0.4, 0.5) is 28.4 Å². The van der Waals surface area contributed by atoms with Gasteiger partial charge in [-0.1, -0.05) is 37.6 Å². The van der Waals surface area contributed by atoms with Crippen LogP contribution in [-0.2, 0) is 24.2 Å². The molecule has 10 rings (SSSR count). The zero-order chi connectivity index (χ0) is 49.3. The summed E-state index contributed by atoms with van der Waals surface area (Å²) in [6.45, 7) is 10.9. The highest BCUT2D eigenvalue weighted by molar-refractivity contribution is 7.90. The summed E-state index contributed by atoms with van der Waals surface area (Å²) >= 11 is 6.38. The summed E-state index contributed by atoms with van der Waals surface area (Å²) in [5, 5.41) is 26.0. The summed E-state index contributed by atoms with van der Waals surface area (Å²) in [5.41, 5.74) is 6.57. The molecule has 17 nitrogen and oxygen atoms in total. The molecule has 0 spiro atoms. The highest BCUT2D eigenvalue weighted by Gasteiger charge is 2.39. The van der Waals surface area contributed by atoms with E-state index in [0.717, 1.165) is 68.8 Å². The SMILES string of the molecule is CC1(C)CC(c2ccc(Cl)cc2)=C2CN3CCN(c4ccc(C(=O)NS(=O)(=O)c5ccc(NCC6CCCCO6)c([NH+]([O-])O)c5)c(N5CCCOc6nc7[nH]ccc7cc65)c4)CC3COCCCO[C@@H]2C1. The molecule has 4 atom stereocenters. The van der Waals surface area contributed by atoms with Gasteiger partial charge in [-0.3, -0.25) is 9.69 Å². The van der Waals surface area contributed by atoms with Gasteiger partial charge in [-0.2, -0.15) is 10.2 Å². The summed E-state index contributed by atoms with van der Waals surface area (Å²) in [6, 6.07) is 21.3. The fraction of sp³-hybridized carbons (Fsp3) is 0.462. The lowest BCUT2D eigenvalue weighted by Gasteiger charge is -2.45. The number of fused-ring (bicyclic) bond motifs is 4. The third-order valence-corrected chi connectivity index (χ3v) is 16.0. The van der Waals surface area contributed by atoms with Gasteiger partial charge in [-0.15, -0.1) is 0 Å². The van der Waals surface area contributed by atoms with E-state index >= 15 is 0 Å². The molecule has 4 aliphatic heterocycles. The summed E-state index contributed by atoms with van der Waals surface area (Å²) in [7, 11) is -4.57. The predicted octanol–water partition coefficient (Wildman–Crippen LogP) is 7.21. The second-order valence-corrected chi connectivity index (χ2v) is 22.1. The van der Waals surface area contributed by atoms with Gasteiger partial charge in [0.2, 0.25) is 5.88 Å². The molecule has 5 aromatic rings. The molecule has 3 unspecified atom stereocenters. The van der Waals surface area contributed by atoms with Gasteiger partial charge in [-0.25, -0.2) is 18.3 Å². The Kier molecular flexibility index (Phi) is 14.6. The average Bonchev–Trinajstić information content (AvgIpc) is 3.71. The highest BCUT2D eigenvalue weighted by Crippen LogP contribution is 2.46. The van der Waals surface area contributed by atoms with Crippen LogP contribution in [0.15, 0.2) is 89.5 Å². The molecule has 6 heterocycles. The van der Waals surface area contributed by atoms with Crippen molar-refractivity contribution in [3.8, 4) is 5.88 Å². The van der Waals surface area contributed by atoms with E-state index in [0.29, 0.717) is 93.6 Å². The molecule has 5 N–H and O–H groups in total. The number of carbonyl (C=O) groups is 1. The minimum atomic E-state index is -4.57. The number of rotatable bonds is 10. The first-order valence-corrected chi connectivity index (χ1v) is 26.6. The van der Waals surface area contributed by atoms with Crippen molar-refractivity contribution in [2.75, 3.05) is 87.4 Å². The number of amides is 1. The number of piperazine rings is 1. The summed E-state index contributed by atoms with van der Waals surface area (Å²) in [4.78, 5) is 29.0. The lowest BCUT2D eigenvalue weighted by atomic mass is 9.71. The second-order valence-electron chi connectivity index (χ2n) is 20.0. The molecule has 5 aliphatic rings. The van der Waals surface area contributed by atoms with Gasteiger partial charge < -0.3 is 44.3 Å². The van der Waals surface area contributed by atoms with Gasteiger partial charge in [0.15, 0.2) is 5.69 Å². The third-order valence-electron chi connectivity index (χ3n) is 14.4. The Labute approximate surface area is 419 Å². The smallest absolute Gasteiger partial charge is 0.267 e. The second kappa shape index (κ2) is 21.1. The average molecular weight is 1010 g/mol.